The van der Waals surface area contributed by atoms with Crippen LogP contribution in [0.2, 0.25) is 0 Å². The molecule has 1 aromatic heterocycles. The predicted molar refractivity (Wildman–Crippen MR) is 103 cm³/mol. The first-order chi connectivity index (χ1) is 12.5. The second kappa shape index (κ2) is 9.08. The van der Waals surface area contributed by atoms with Crippen molar-refractivity contribution in [2.45, 2.75) is 34.3 Å². The predicted octanol–water partition coefficient (Wildman–Crippen LogP) is 3.94. The number of aromatic nitrogens is 2. The van der Waals surface area contributed by atoms with Crippen molar-refractivity contribution < 1.29 is 14.3 Å². The minimum Gasteiger partial charge on any atom is -0.490 e. The first-order valence-corrected chi connectivity index (χ1v) is 8.54. The molecule has 2 aromatic rings. The molecule has 140 valence electrons. The molecule has 0 aliphatic carbocycles. The van der Waals surface area contributed by atoms with E-state index in [9.17, 15) is 0 Å². The van der Waals surface area contributed by atoms with Gasteiger partial charge in [0.15, 0.2) is 0 Å². The topological polar surface area (TPSA) is 57.9 Å². The van der Waals surface area contributed by atoms with Gasteiger partial charge in [0.05, 0.1) is 12.0 Å². The van der Waals surface area contributed by atoms with Crippen LogP contribution in [-0.4, -0.2) is 29.0 Å². The van der Waals surface area contributed by atoms with E-state index in [0.29, 0.717) is 18.9 Å². The highest BCUT2D eigenvalue weighted by Crippen LogP contribution is 2.29. The third kappa shape index (κ3) is 4.65. The quantitative estimate of drug-likeness (QED) is 0.408. The van der Waals surface area contributed by atoms with Crippen LogP contribution in [0.1, 0.15) is 36.4 Å². The Kier molecular flexibility index (Phi) is 6.83. The van der Waals surface area contributed by atoms with Gasteiger partial charge in [-0.3, -0.25) is 0 Å². The van der Waals surface area contributed by atoms with Gasteiger partial charge in [-0.15, -0.1) is 0 Å². The Labute approximate surface area is 155 Å². The number of hydrogen-bond acceptors (Lipinski definition) is 5. The Morgan fingerprint density at radius 2 is 1.92 bits per heavy atom. The largest absolute Gasteiger partial charge is 0.490 e. The van der Waals surface area contributed by atoms with Crippen molar-refractivity contribution in [3.63, 3.8) is 0 Å². The fourth-order valence-corrected chi connectivity index (χ4v) is 2.71. The van der Waals surface area contributed by atoms with Crippen LogP contribution >= 0.6 is 0 Å². The minimum atomic E-state index is 0.392. The van der Waals surface area contributed by atoms with Crippen molar-refractivity contribution >= 4 is 5.71 Å². The van der Waals surface area contributed by atoms with E-state index in [1.165, 1.54) is 7.11 Å². The molecule has 0 aliphatic rings. The van der Waals surface area contributed by atoms with Gasteiger partial charge in [-0.2, -0.15) is 0 Å². The Bertz CT molecular complexity index is 784. The van der Waals surface area contributed by atoms with Crippen LogP contribution in [0.4, 0.5) is 0 Å². The molecule has 0 saturated heterocycles. The zero-order valence-electron chi connectivity index (χ0n) is 16.4. The highest BCUT2D eigenvalue weighted by Gasteiger charge is 2.15. The maximum Gasteiger partial charge on any atom is 0.131 e. The van der Waals surface area contributed by atoms with Crippen LogP contribution in [0.25, 0.3) is 0 Å². The fourth-order valence-electron chi connectivity index (χ4n) is 2.71. The van der Waals surface area contributed by atoms with Gasteiger partial charge < -0.3 is 18.9 Å². The van der Waals surface area contributed by atoms with Crippen molar-refractivity contribution in [3.8, 4) is 11.5 Å². The summed E-state index contributed by atoms with van der Waals surface area (Å²) in [6.07, 6.45) is 5.70. The van der Waals surface area contributed by atoms with Gasteiger partial charge >= 0.3 is 0 Å². The Balaban J connectivity index is 2.18. The maximum absolute atomic E-state index is 6.12. The van der Waals surface area contributed by atoms with Crippen molar-refractivity contribution in [1.82, 2.24) is 9.55 Å². The normalized spacial score (nSPS) is 11.8. The lowest BCUT2D eigenvalue weighted by atomic mass is 10.1. The summed E-state index contributed by atoms with van der Waals surface area (Å²) in [6, 6.07) is 3.99. The molecule has 0 N–H and O–H groups in total. The number of oxime groups is 1. The van der Waals surface area contributed by atoms with E-state index in [0.717, 1.165) is 34.0 Å². The number of hydrogen-bond donors (Lipinski definition) is 0. The first kappa shape index (κ1) is 19.6. The van der Waals surface area contributed by atoms with Crippen LogP contribution in [0.5, 0.6) is 11.5 Å². The Morgan fingerprint density at radius 3 is 2.54 bits per heavy atom. The standard InChI is InChI=1S/C20H27N3O3/c1-7-8-9-25-17-10-14(2)20(15(3)11-17)26-12-18-19(16(4)22-24-6)21-13-23(18)5/h7-8,10-11,13H,9,12H2,1-6H3/b8-7+,22-16?. The lowest BCUT2D eigenvalue weighted by Gasteiger charge is -2.15. The second-order valence-corrected chi connectivity index (χ2v) is 6.06. The lowest BCUT2D eigenvalue weighted by molar-refractivity contribution is 0.213. The molecule has 0 unspecified atom stereocenters. The summed E-state index contributed by atoms with van der Waals surface area (Å²) < 4.78 is 13.8. The zero-order valence-corrected chi connectivity index (χ0v) is 16.4. The van der Waals surface area contributed by atoms with E-state index in [1.54, 1.807) is 6.33 Å². The van der Waals surface area contributed by atoms with Crippen molar-refractivity contribution in [3.05, 3.63) is 53.1 Å². The van der Waals surface area contributed by atoms with E-state index in [-0.39, 0.29) is 0 Å². The molecule has 1 aromatic carbocycles. The van der Waals surface area contributed by atoms with Gasteiger partial charge in [0, 0.05) is 7.05 Å². The number of aryl methyl sites for hydroxylation is 3. The van der Waals surface area contributed by atoms with Gasteiger partial charge in [0.25, 0.3) is 0 Å². The van der Waals surface area contributed by atoms with Crippen LogP contribution in [0.15, 0.2) is 35.8 Å². The molecule has 0 aliphatic heterocycles. The van der Waals surface area contributed by atoms with Gasteiger partial charge in [-0.05, 0) is 51.0 Å². The van der Waals surface area contributed by atoms with Crippen LogP contribution < -0.4 is 9.47 Å². The molecule has 0 spiro atoms. The monoisotopic (exact) mass is 357 g/mol. The molecular formula is C20H27N3O3. The van der Waals surface area contributed by atoms with E-state index < -0.39 is 0 Å². The zero-order chi connectivity index (χ0) is 19.1. The third-order valence-corrected chi connectivity index (χ3v) is 4.00. The number of benzene rings is 1. The van der Waals surface area contributed by atoms with Crippen LogP contribution in [0.3, 0.4) is 0 Å². The van der Waals surface area contributed by atoms with Gasteiger partial charge in [0.1, 0.15) is 43.2 Å². The van der Waals surface area contributed by atoms with Crippen molar-refractivity contribution in [2.24, 2.45) is 12.2 Å². The van der Waals surface area contributed by atoms with Crippen molar-refractivity contribution in [2.75, 3.05) is 13.7 Å². The SMILES string of the molecule is C/C=C/COc1cc(C)c(OCc2c(C(C)=NOC)ncn2C)c(C)c1. The number of rotatable bonds is 8. The molecule has 1 heterocycles. The summed E-state index contributed by atoms with van der Waals surface area (Å²) in [5.74, 6) is 1.70. The molecular weight excluding hydrogens is 330 g/mol. The number of nitrogens with zero attached hydrogens (tertiary/aromatic N) is 3. The molecule has 0 bridgehead atoms. The van der Waals surface area contributed by atoms with Crippen LogP contribution in [0, 0.1) is 13.8 Å². The average molecular weight is 357 g/mol. The van der Waals surface area contributed by atoms with Gasteiger partial charge in [-0.25, -0.2) is 4.98 Å². The summed E-state index contributed by atoms with van der Waals surface area (Å²) in [6.45, 7) is 8.83. The van der Waals surface area contributed by atoms with E-state index in [4.69, 9.17) is 14.3 Å². The number of imidazole rings is 1. The highest BCUT2D eigenvalue weighted by molar-refractivity contribution is 5.97. The summed E-state index contributed by atoms with van der Waals surface area (Å²) in [7, 11) is 3.46. The summed E-state index contributed by atoms with van der Waals surface area (Å²) in [4.78, 5) is 9.25. The third-order valence-electron chi connectivity index (χ3n) is 4.00. The molecule has 0 atom stereocenters. The minimum absolute atomic E-state index is 0.392. The molecule has 0 saturated carbocycles. The molecule has 0 radical (unpaired) electrons. The maximum atomic E-state index is 6.12. The van der Waals surface area contributed by atoms with E-state index in [1.807, 2.05) is 63.6 Å². The molecule has 6 heteroatoms. The highest BCUT2D eigenvalue weighted by atomic mass is 16.6. The summed E-state index contributed by atoms with van der Waals surface area (Å²) >= 11 is 0. The van der Waals surface area contributed by atoms with Gasteiger partial charge in [0.2, 0.25) is 0 Å². The molecule has 26 heavy (non-hydrogen) atoms. The molecule has 0 fully saturated rings. The Hall–Kier alpha value is -2.76. The number of ether oxygens (including phenoxy) is 2. The number of allylic oxidation sites excluding steroid dienone is 1. The lowest BCUT2D eigenvalue weighted by Crippen LogP contribution is -2.09. The average Bonchev–Trinajstić information content (AvgIpc) is 2.95. The summed E-state index contributed by atoms with van der Waals surface area (Å²) in [5.41, 5.74) is 4.50. The van der Waals surface area contributed by atoms with E-state index >= 15 is 0 Å². The second-order valence-electron chi connectivity index (χ2n) is 6.06. The molecule has 6 nitrogen and oxygen atoms in total. The molecule has 2 rings (SSSR count). The van der Waals surface area contributed by atoms with E-state index in [2.05, 4.69) is 10.1 Å². The van der Waals surface area contributed by atoms with Crippen LogP contribution in [-0.2, 0) is 18.5 Å². The summed E-state index contributed by atoms with van der Waals surface area (Å²) in [5, 5.41) is 3.97. The smallest absolute Gasteiger partial charge is 0.131 e. The molecule has 0 amide bonds. The fraction of sp³-hybridized carbons (Fsp3) is 0.400. The Morgan fingerprint density at radius 1 is 1.23 bits per heavy atom. The first-order valence-electron chi connectivity index (χ1n) is 8.54. The van der Waals surface area contributed by atoms with Crippen molar-refractivity contribution in [1.29, 1.82) is 0 Å². The van der Waals surface area contributed by atoms with Gasteiger partial charge in [-0.1, -0.05) is 17.3 Å².